The van der Waals surface area contributed by atoms with Crippen LogP contribution in [-0.4, -0.2) is 30.5 Å². The molecule has 98 valence electrons. The summed E-state index contributed by atoms with van der Waals surface area (Å²) in [5.41, 5.74) is 0.333. The number of sulfone groups is 1. The summed E-state index contributed by atoms with van der Waals surface area (Å²) in [6, 6.07) is 7.28. The second kappa shape index (κ2) is 5.15. The maximum Gasteiger partial charge on any atom is 0.258 e. The van der Waals surface area contributed by atoms with Crippen molar-refractivity contribution in [2.75, 3.05) is 11.6 Å². The number of aromatic nitrogens is 2. The number of hydrogen-bond acceptors (Lipinski definition) is 5. The van der Waals surface area contributed by atoms with Gasteiger partial charge in [0.1, 0.15) is 0 Å². The fraction of sp³-hybridized carbons (Fsp3) is 0.0833. The predicted octanol–water partition coefficient (Wildman–Crippen LogP) is 1.13. The molecule has 1 aromatic heterocycles. The maximum absolute atomic E-state index is 11.8. The van der Waals surface area contributed by atoms with Gasteiger partial charge in [0.25, 0.3) is 5.91 Å². The molecule has 0 spiro atoms. The number of amides is 1. The zero-order valence-corrected chi connectivity index (χ0v) is 10.9. The summed E-state index contributed by atoms with van der Waals surface area (Å²) in [5.74, 6) is -0.203. The maximum atomic E-state index is 11.8. The Bertz CT molecular complexity index is 682. The molecular weight excluding hydrogens is 266 g/mol. The Morgan fingerprint density at radius 1 is 1.11 bits per heavy atom. The molecular formula is C12H11N3O3S. The van der Waals surface area contributed by atoms with Gasteiger partial charge >= 0.3 is 0 Å². The van der Waals surface area contributed by atoms with Gasteiger partial charge in [-0.25, -0.2) is 18.4 Å². The number of anilines is 1. The van der Waals surface area contributed by atoms with Gasteiger partial charge in [0, 0.05) is 24.2 Å². The molecule has 0 aliphatic carbocycles. The van der Waals surface area contributed by atoms with Crippen molar-refractivity contribution in [1.29, 1.82) is 0 Å². The van der Waals surface area contributed by atoms with E-state index in [2.05, 4.69) is 15.3 Å². The van der Waals surface area contributed by atoms with Crippen molar-refractivity contribution < 1.29 is 13.2 Å². The lowest BCUT2D eigenvalue weighted by atomic mass is 10.2. The number of carbonyl (C=O) groups is 1. The summed E-state index contributed by atoms with van der Waals surface area (Å²) in [5, 5.41) is 2.51. The Kier molecular flexibility index (Phi) is 3.57. The minimum absolute atomic E-state index is 0.167. The van der Waals surface area contributed by atoms with Crippen molar-refractivity contribution in [1.82, 2.24) is 9.97 Å². The third-order valence-electron chi connectivity index (χ3n) is 2.34. The average molecular weight is 277 g/mol. The van der Waals surface area contributed by atoms with Gasteiger partial charge in [0.2, 0.25) is 5.95 Å². The van der Waals surface area contributed by atoms with E-state index >= 15 is 0 Å². The highest BCUT2D eigenvalue weighted by atomic mass is 32.2. The van der Waals surface area contributed by atoms with Gasteiger partial charge in [0.05, 0.1) is 4.90 Å². The summed E-state index contributed by atoms with van der Waals surface area (Å²) in [4.78, 5) is 19.7. The molecule has 0 fully saturated rings. The van der Waals surface area contributed by atoms with Gasteiger partial charge in [-0.15, -0.1) is 0 Å². The summed E-state index contributed by atoms with van der Waals surface area (Å²) in [6.45, 7) is 0. The predicted molar refractivity (Wildman–Crippen MR) is 69.5 cm³/mol. The third-order valence-corrected chi connectivity index (χ3v) is 3.46. The topological polar surface area (TPSA) is 89.0 Å². The molecule has 0 unspecified atom stereocenters. The van der Waals surface area contributed by atoms with Crippen molar-refractivity contribution in [3.05, 3.63) is 48.3 Å². The number of nitrogens with zero attached hydrogens (tertiary/aromatic N) is 2. The molecule has 0 bridgehead atoms. The van der Waals surface area contributed by atoms with Crippen molar-refractivity contribution >= 4 is 21.7 Å². The van der Waals surface area contributed by atoms with Crippen LogP contribution in [0.1, 0.15) is 10.4 Å². The first-order valence-corrected chi connectivity index (χ1v) is 7.24. The highest BCUT2D eigenvalue weighted by molar-refractivity contribution is 7.90. The van der Waals surface area contributed by atoms with Crippen LogP contribution in [0.4, 0.5) is 5.95 Å². The molecule has 1 heterocycles. The van der Waals surface area contributed by atoms with Crippen LogP contribution in [0.25, 0.3) is 0 Å². The van der Waals surface area contributed by atoms with E-state index in [1.807, 2.05) is 0 Å². The first kappa shape index (κ1) is 13.2. The molecule has 0 aliphatic rings. The quantitative estimate of drug-likeness (QED) is 0.908. The Hall–Kier alpha value is -2.28. The van der Waals surface area contributed by atoms with E-state index in [0.717, 1.165) is 6.26 Å². The minimum atomic E-state index is -3.26. The zero-order chi connectivity index (χ0) is 13.9. The van der Waals surface area contributed by atoms with Gasteiger partial charge in [-0.2, -0.15) is 0 Å². The fourth-order valence-corrected chi connectivity index (χ4v) is 2.02. The number of nitrogens with one attached hydrogen (secondary N) is 1. The summed E-state index contributed by atoms with van der Waals surface area (Å²) < 4.78 is 22.6. The van der Waals surface area contributed by atoms with Crippen LogP contribution in [0.15, 0.2) is 47.6 Å². The standard InChI is InChI=1S/C12H11N3O3S/c1-19(17,18)10-5-3-9(4-6-10)11(16)15-12-13-7-2-8-14-12/h2-8H,1H3,(H,13,14,15,16). The number of carbonyl (C=O) groups excluding carboxylic acids is 1. The normalized spacial score (nSPS) is 11.0. The Morgan fingerprint density at radius 2 is 1.68 bits per heavy atom. The van der Waals surface area contributed by atoms with Crippen LogP contribution >= 0.6 is 0 Å². The monoisotopic (exact) mass is 277 g/mol. The molecule has 0 atom stereocenters. The minimum Gasteiger partial charge on any atom is -0.290 e. The largest absolute Gasteiger partial charge is 0.290 e. The molecule has 2 aromatic rings. The molecule has 1 aromatic carbocycles. The van der Waals surface area contributed by atoms with E-state index in [9.17, 15) is 13.2 Å². The van der Waals surface area contributed by atoms with E-state index in [0.29, 0.717) is 5.56 Å². The molecule has 6 nitrogen and oxygen atoms in total. The summed E-state index contributed by atoms with van der Waals surface area (Å²) >= 11 is 0. The first-order chi connectivity index (χ1) is 8.97. The lowest BCUT2D eigenvalue weighted by Gasteiger charge is -2.04. The van der Waals surface area contributed by atoms with Crippen molar-refractivity contribution in [3.8, 4) is 0 Å². The highest BCUT2D eigenvalue weighted by Gasteiger charge is 2.10. The van der Waals surface area contributed by atoms with E-state index in [4.69, 9.17) is 0 Å². The van der Waals surface area contributed by atoms with Crippen LogP contribution in [0, 0.1) is 0 Å². The van der Waals surface area contributed by atoms with Gasteiger partial charge < -0.3 is 0 Å². The van der Waals surface area contributed by atoms with Gasteiger partial charge in [-0.3, -0.25) is 10.1 Å². The average Bonchev–Trinajstić information content (AvgIpc) is 2.39. The lowest BCUT2D eigenvalue weighted by Crippen LogP contribution is -2.14. The van der Waals surface area contributed by atoms with Gasteiger partial charge in [0.15, 0.2) is 9.84 Å². The van der Waals surface area contributed by atoms with Gasteiger partial charge in [-0.05, 0) is 30.3 Å². The summed E-state index contributed by atoms with van der Waals surface area (Å²) in [6.07, 6.45) is 4.13. The molecule has 1 amide bonds. The van der Waals surface area contributed by atoms with Gasteiger partial charge in [-0.1, -0.05) is 0 Å². The molecule has 0 aliphatic heterocycles. The second-order valence-electron chi connectivity index (χ2n) is 3.82. The van der Waals surface area contributed by atoms with Crippen LogP contribution in [0.2, 0.25) is 0 Å². The molecule has 0 saturated carbocycles. The van der Waals surface area contributed by atoms with Crippen molar-refractivity contribution in [3.63, 3.8) is 0 Å². The number of hydrogen-bond donors (Lipinski definition) is 1. The zero-order valence-electron chi connectivity index (χ0n) is 10.1. The smallest absolute Gasteiger partial charge is 0.258 e. The first-order valence-electron chi connectivity index (χ1n) is 5.35. The van der Waals surface area contributed by atoms with Crippen LogP contribution in [0.3, 0.4) is 0 Å². The third kappa shape index (κ3) is 3.35. The molecule has 0 radical (unpaired) electrons. The van der Waals surface area contributed by atoms with Crippen molar-refractivity contribution in [2.24, 2.45) is 0 Å². The number of benzene rings is 1. The second-order valence-corrected chi connectivity index (χ2v) is 5.84. The fourth-order valence-electron chi connectivity index (χ4n) is 1.39. The Morgan fingerprint density at radius 3 is 2.21 bits per heavy atom. The van der Waals surface area contributed by atoms with E-state index in [1.165, 1.54) is 36.7 Å². The highest BCUT2D eigenvalue weighted by Crippen LogP contribution is 2.11. The van der Waals surface area contributed by atoms with E-state index in [-0.39, 0.29) is 10.8 Å². The Labute approximate surface area is 110 Å². The van der Waals surface area contributed by atoms with E-state index in [1.54, 1.807) is 6.07 Å². The van der Waals surface area contributed by atoms with E-state index < -0.39 is 15.7 Å². The molecule has 0 saturated heterocycles. The molecule has 1 N–H and O–H groups in total. The van der Waals surface area contributed by atoms with Crippen LogP contribution in [0.5, 0.6) is 0 Å². The lowest BCUT2D eigenvalue weighted by molar-refractivity contribution is 0.102. The summed E-state index contributed by atoms with van der Waals surface area (Å²) in [7, 11) is -3.26. The molecule has 19 heavy (non-hydrogen) atoms. The van der Waals surface area contributed by atoms with Crippen molar-refractivity contribution in [2.45, 2.75) is 4.90 Å². The van der Waals surface area contributed by atoms with Crippen LogP contribution < -0.4 is 5.32 Å². The number of rotatable bonds is 3. The molecule has 2 rings (SSSR count). The Balaban J connectivity index is 2.17. The SMILES string of the molecule is CS(=O)(=O)c1ccc(C(=O)Nc2ncccn2)cc1. The molecule has 7 heteroatoms. The van der Waals surface area contributed by atoms with Crippen LogP contribution in [-0.2, 0) is 9.84 Å².